The van der Waals surface area contributed by atoms with E-state index in [-0.39, 0.29) is 5.91 Å². The van der Waals surface area contributed by atoms with Gasteiger partial charge in [0, 0.05) is 24.1 Å². The lowest BCUT2D eigenvalue weighted by Crippen LogP contribution is -2.43. The zero-order valence-electron chi connectivity index (χ0n) is 22.1. The molecular formula is C31H28F3N3O3. The fourth-order valence-electron chi connectivity index (χ4n) is 5.56. The van der Waals surface area contributed by atoms with E-state index in [0.29, 0.717) is 47.6 Å². The number of aromatic nitrogens is 2. The number of likely N-dealkylation sites (tertiary alicyclic amines) is 1. The van der Waals surface area contributed by atoms with Crippen molar-refractivity contribution in [2.45, 2.75) is 51.1 Å². The maximum atomic E-state index is 13.7. The molecule has 1 saturated heterocycles. The first kappa shape index (κ1) is 26.0. The number of nitrogens with one attached hydrogen (secondary N) is 1. The average Bonchev–Trinajstić information content (AvgIpc) is 3.67. The van der Waals surface area contributed by atoms with Gasteiger partial charge in [-0.25, -0.2) is 4.98 Å². The summed E-state index contributed by atoms with van der Waals surface area (Å²) in [5.74, 6) is 0.932. The van der Waals surface area contributed by atoms with Gasteiger partial charge in [-0.15, -0.1) is 0 Å². The van der Waals surface area contributed by atoms with Crippen molar-refractivity contribution >= 4 is 22.7 Å². The van der Waals surface area contributed by atoms with Crippen LogP contribution in [0.4, 0.5) is 13.2 Å². The lowest BCUT2D eigenvalue weighted by atomic mass is 9.96. The number of nitrogens with zero attached hydrogens (tertiary/aromatic N) is 2. The van der Waals surface area contributed by atoms with Crippen LogP contribution >= 0.6 is 0 Å². The summed E-state index contributed by atoms with van der Waals surface area (Å²) in [5.41, 5.74) is 2.54. The van der Waals surface area contributed by atoms with Crippen LogP contribution in [0.15, 0.2) is 73.0 Å². The third-order valence-corrected chi connectivity index (χ3v) is 7.77. The van der Waals surface area contributed by atoms with Crippen molar-refractivity contribution in [1.82, 2.24) is 14.9 Å². The number of rotatable bonds is 5. The number of imidazole rings is 1. The molecule has 9 heteroatoms. The Kier molecular flexibility index (Phi) is 6.32. The van der Waals surface area contributed by atoms with Crippen LogP contribution in [-0.4, -0.2) is 33.6 Å². The largest absolute Gasteiger partial charge is 0.458 e. The van der Waals surface area contributed by atoms with E-state index in [1.54, 1.807) is 17.2 Å². The molecule has 0 aliphatic carbocycles. The highest BCUT2D eigenvalue weighted by atomic mass is 19.4. The van der Waals surface area contributed by atoms with Crippen molar-refractivity contribution in [3.63, 3.8) is 0 Å². The summed E-state index contributed by atoms with van der Waals surface area (Å²) in [7, 11) is 0. The number of hydrogen-bond acceptors (Lipinski definition) is 4. The number of benzene rings is 3. The first-order valence-corrected chi connectivity index (χ1v) is 13.2. The van der Waals surface area contributed by atoms with Crippen LogP contribution in [0.1, 0.15) is 58.2 Å². The van der Waals surface area contributed by atoms with E-state index in [9.17, 15) is 18.0 Å². The molecule has 1 N–H and O–H groups in total. The molecule has 3 heterocycles. The van der Waals surface area contributed by atoms with Crippen LogP contribution in [-0.2, 0) is 27.6 Å². The fraction of sp³-hybridized carbons (Fsp3) is 0.290. The molecule has 0 saturated carbocycles. The molecule has 1 aromatic heterocycles. The van der Waals surface area contributed by atoms with Gasteiger partial charge in [0.15, 0.2) is 5.76 Å². The van der Waals surface area contributed by atoms with Crippen LogP contribution in [0.2, 0.25) is 0 Å². The standard InChI is InChI=1S/C31H28F3N3O3/c1-19-15-21(9-11-23(19)26-18-39-27(40-26)16-20-7-4-3-5-8-20)28(38)37-14-6-13-30(37,2)29-35-24-12-10-22(31(32,33)34)17-25(24)36-29/h3-5,7-12,15,17-18,27H,6,13-14,16H2,1-2H3,(H,35,36)/t27?,30-/m0/s1. The van der Waals surface area contributed by atoms with Gasteiger partial charge >= 0.3 is 6.18 Å². The zero-order chi connectivity index (χ0) is 28.1. The maximum Gasteiger partial charge on any atom is 0.416 e. The van der Waals surface area contributed by atoms with E-state index in [1.165, 1.54) is 6.07 Å². The Morgan fingerprint density at radius 1 is 1.12 bits per heavy atom. The minimum Gasteiger partial charge on any atom is -0.458 e. The van der Waals surface area contributed by atoms with Crippen molar-refractivity contribution in [1.29, 1.82) is 0 Å². The number of fused-ring (bicyclic) bond motifs is 1. The number of alkyl halides is 3. The number of carbonyl (C=O) groups is 1. The van der Waals surface area contributed by atoms with Crippen LogP contribution < -0.4 is 0 Å². The molecule has 2 aliphatic rings. The van der Waals surface area contributed by atoms with Gasteiger partial charge in [0.25, 0.3) is 5.91 Å². The van der Waals surface area contributed by atoms with Crippen LogP contribution in [0.25, 0.3) is 16.8 Å². The van der Waals surface area contributed by atoms with E-state index in [1.807, 2.05) is 56.3 Å². The lowest BCUT2D eigenvalue weighted by molar-refractivity contribution is -0.137. The number of aryl methyl sites for hydroxylation is 1. The summed E-state index contributed by atoms with van der Waals surface area (Å²) in [6.07, 6.45) is -1.24. The minimum absolute atomic E-state index is 0.161. The molecule has 1 amide bonds. The van der Waals surface area contributed by atoms with E-state index in [4.69, 9.17) is 9.47 Å². The quantitative estimate of drug-likeness (QED) is 0.294. The molecule has 2 atom stereocenters. The van der Waals surface area contributed by atoms with Gasteiger partial charge in [-0.2, -0.15) is 13.2 Å². The van der Waals surface area contributed by atoms with Crippen LogP contribution in [0.3, 0.4) is 0 Å². The number of H-pyrrole nitrogens is 1. The molecule has 6 rings (SSSR count). The minimum atomic E-state index is -4.45. The van der Waals surface area contributed by atoms with Crippen molar-refractivity contribution in [3.05, 3.63) is 107 Å². The Hall–Kier alpha value is -4.27. The van der Waals surface area contributed by atoms with Gasteiger partial charge in [-0.05, 0) is 68.1 Å². The molecule has 40 heavy (non-hydrogen) atoms. The third kappa shape index (κ3) is 4.69. The molecule has 2 aliphatic heterocycles. The van der Waals surface area contributed by atoms with Crippen LogP contribution in [0, 0.1) is 6.92 Å². The molecule has 0 radical (unpaired) electrons. The Morgan fingerprint density at radius 3 is 2.67 bits per heavy atom. The molecule has 206 valence electrons. The molecule has 4 aromatic rings. The Bertz CT molecular complexity index is 1610. The Balaban J connectivity index is 1.21. The van der Waals surface area contributed by atoms with E-state index in [0.717, 1.165) is 35.2 Å². The van der Waals surface area contributed by atoms with E-state index >= 15 is 0 Å². The second-order valence-electron chi connectivity index (χ2n) is 10.5. The lowest BCUT2D eigenvalue weighted by Gasteiger charge is -2.33. The highest BCUT2D eigenvalue weighted by Gasteiger charge is 2.44. The van der Waals surface area contributed by atoms with E-state index in [2.05, 4.69) is 9.97 Å². The predicted molar refractivity (Wildman–Crippen MR) is 144 cm³/mol. The van der Waals surface area contributed by atoms with Gasteiger partial charge < -0.3 is 19.4 Å². The van der Waals surface area contributed by atoms with Gasteiger partial charge in [0.2, 0.25) is 6.29 Å². The van der Waals surface area contributed by atoms with Gasteiger partial charge in [0.05, 0.1) is 22.1 Å². The highest BCUT2D eigenvalue weighted by Crippen LogP contribution is 2.40. The molecule has 1 unspecified atom stereocenters. The fourth-order valence-corrected chi connectivity index (χ4v) is 5.56. The predicted octanol–water partition coefficient (Wildman–Crippen LogP) is 6.96. The molecular weight excluding hydrogens is 519 g/mol. The molecule has 0 spiro atoms. The number of ether oxygens (including phenoxy) is 2. The van der Waals surface area contributed by atoms with Crippen LogP contribution in [0.5, 0.6) is 0 Å². The number of aromatic amines is 1. The second-order valence-corrected chi connectivity index (χ2v) is 10.5. The van der Waals surface area contributed by atoms with Gasteiger partial charge in [0.1, 0.15) is 12.1 Å². The Labute approximate surface area is 229 Å². The third-order valence-electron chi connectivity index (χ3n) is 7.77. The number of amides is 1. The molecule has 0 bridgehead atoms. The number of halogens is 3. The van der Waals surface area contributed by atoms with Crippen molar-refractivity contribution in [3.8, 4) is 0 Å². The summed E-state index contributed by atoms with van der Waals surface area (Å²) >= 11 is 0. The molecule has 3 aromatic carbocycles. The molecule has 1 fully saturated rings. The zero-order valence-corrected chi connectivity index (χ0v) is 22.1. The normalized spacial score (nSPS) is 20.9. The van der Waals surface area contributed by atoms with Crippen molar-refractivity contribution < 1.29 is 27.4 Å². The second kappa shape index (κ2) is 9.73. The summed E-state index contributed by atoms with van der Waals surface area (Å²) in [4.78, 5) is 23.1. The summed E-state index contributed by atoms with van der Waals surface area (Å²) in [6.45, 7) is 4.34. The topological polar surface area (TPSA) is 67.5 Å². The summed E-state index contributed by atoms with van der Waals surface area (Å²) < 4.78 is 51.4. The Morgan fingerprint density at radius 2 is 1.93 bits per heavy atom. The van der Waals surface area contributed by atoms with Crippen molar-refractivity contribution in [2.75, 3.05) is 6.54 Å². The highest BCUT2D eigenvalue weighted by molar-refractivity contribution is 5.95. The first-order valence-electron chi connectivity index (χ1n) is 13.2. The monoisotopic (exact) mass is 547 g/mol. The first-order chi connectivity index (χ1) is 19.1. The SMILES string of the molecule is Cc1cc(C(=O)N2CCC[C@@]2(C)c2nc3ccc(C(F)(F)F)cc3[nH]2)ccc1C1=COC(Cc2ccccc2)O1. The number of hydrogen-bond donors (Lipinski definition) is 1. The van der Waals surface area contributed by atoms with E-state index < -0.39 is 23.6 Å². The summed E-state index contributed by atoms with van der Waals surface area (Å²) in [5, 5.41) is 0. The smallest absolute Gasteiger partial charge is 0.416 e. The van der Waals surface area contributed by atoms with Gasteiger partial charge in [-0.3, -0.25) is 4.79 Å². The van der Waals surface area contributed by atoms with Gasteiger partial charge in [-0.1, -0.05) is 36.4 Å². The van der Waals surface area contributed by atoms with Crippen molar-refractivity contribution in [2.24, 2.45) is 0 Å². The summed E-state index contributed by atoms with van der Waals surface area (Å²) in [6, 6.07) is 18.9. The maximum absolute atomic E-state index is 13.7. The molecule has 6 nitrogen and oxygen atoms in total. The number of carbonyl (C=O) groups excluding carboxylic acids is 1. The average molecular weight is 548 g/mol.